The van der Waals surface area contributed by atoms with Crippen LogP contribution in [0, 0.1) is 11.6 Å². The molecule has 0 aliphatic carbocycles. The first-order chi connectivity index (χ1) is 16.5. The number of anilines is 1. The molecule has 3 N–H and O–H groups in total. The van der Waals surface area contributed by atoms with E-state index in [1.165, 1.54) is 0 Å². The summed E-state index contributed by atoms with van der Waals surface area (Å²) in [6.45, 7) is 3.60. The summed E-state index contributed by atoms with van der Waals surface area (Å²) in [6, 6.07) is 8.69. The van der Waals surface area contributed by atoms with Crippen molar-refractivity contribution in [2.24, 2.45) is 0 Å². The molecule has 0 radical (unpaired) electrons. The molecular formula is C24H21ClF2N2O5S. The number of hydrogen-bond donors (Lipinski definition) is 3. The molecule has 0 saturated heterocycles. The number of aryl methyl sites for hydroxylation is 1. The molecule has 1 heterocycles. The van der Waals surface area contributed by atoms with Crippen molar-refractivity contribution in [1.29, 1.82) is 0 Å². The van der Waals surface area contributed by atoms with E-state index < -0.39 is 55.0 Å². The van der Waals surface area contributed by atoms with E-state index in [0.29, 0.717) is 12.5 Å². The normalized spacial score (nSPS) is 17.2. The number of benzene rings is 3. The molecule has 0 unspecified atom stereocenters. The molecule has 35 heavy (non-hydrogen) atoms. The van der Waals surface area contributed by atoms with Crippen molar-refractivity contribution < 1.29 is 31.8 Å². The first-order valence-corrected chi connectivity index (χ1v) is 12.5. The van der Waals surface area contributed by atoms with Crippen LogP contribution in [0.5, 0.6) is 11.5 Å². The monoisotopic (exact) mass is 522 g/mol. The number of aromatic hydroxyl groups is 1. The zero-order chi connectivity index (χ0) is 25.5. The average Bonchev–Trinajstić information content (AvgIpc) is 2.80. The Balaban J connectivity index is 1.97. The molecule has 184 valence electrons. The maximum atomic E-state index is 15.0. The lowest BCUT2D eigenvalue weighted by Gasteiger charge is -2.19. The summed E-state index contributed by atoms with van der Waals surface area (Å²) in [5.41, 5.74) is 0.303. The highest BCUT2D eigenvalue weighted by atomic mass is 35.5. The fourth-order valence-electron chi connectivity index (χ4n) is 3.65. The number of phenols is 1. The largest absolute Gasteiger partial charge is 0.505 e. The van der Waals surface area contributed by atoms with Crippen LogP contribution in [0.2, 0.25) is 5.02 Å². The first-order valence-electron chi connectivity index (χ1n) is 10.6. The molecule has 0 saturated carbocycles. The third-order valence-electron chi connectivity index (χ3n) is 5.50. The molecule has 3 aromatic rings. The second kappa shape index (κ2) is 9.35. The number of halogens is 3. The van der Waals surface area contributed by atoms with E-state index in [1.807, 2.05) is 11.6 Å². The fraction of sp³-hybridized carbons (Fsp3) is 0.208. The van der Waals surface area contributed by atoms with Crippen LogP contribution < -0.4 is 14.8 Å². The molecule has 11 heteroatoms. The van der Waals surface area contributed by atoms with Gasteiger partial charge >= 0.3 is 0 Å². The quantitative estimate of drug-likeness (QED) is 0.423. The number of carbonyl (C=O) groups excluding carboxylic acids is 1. The summed E-state index contributed by atoms with van der Waals surface area (Å²) < 4.78 is 63.8. The Morgan fingerprint density at radius 3 is 2.57 bits per heavy atom. The maximum absolute atomic E-state index is 15.0. The molecule has 1 aliphatic heterocycles. The average molecular weight is 523 g/mol. The van der Waals surface area contributed by atoms with Crippen molar-refractivity contribution in [2.75, 3.05) is 11.3 Å². The Morgan fingerprint density at radius 2 is 1.86 bits per heavy atom. The first kappa shape index (κ1) is 24.7. The van der Waals surface area contributed by atoms with Crippen LogP contribution in [0.4, 0.5) is 14.5 Å². The predicted octanol–water partition coefficient (Wildman–Crippen LogP) is 4.86. The number of sulfonamides is 1. The lowest BCUT2D eigenvalue weighted by atomic mass is 9.99. The van der Waals surface area contributed by atoms with Gasteiger partial charge in [-0.15, -0.1) is 0 Å². The van der Waals surface area contributed by atoms with Gasteiger partial charge in [0.1, 0.15) is 28.4 Å². The van der Waals surface area contributed by atoms with E-state index in [0.717, 1.165) is 23.8 Å². The minimum Gasteiger partial charge on any atom is -0.505 e. The van der Waals surface area contributed by atoms with Gasteiger partial charge in [0.15, 0.2) is 5.75 Å². The fourth-order valence-corrected chi connectivity index (χ4v) is 5.13. The summed E-state index contributed by atoms with van der Waals surface area (Å²) >= 11 is 5.97. The van der Waals surface area contributed by atoms with Crippen LogP contribution in [-0.4, -0.2) is 32.1 Å². The summed E-state index contributed by atoms with van der Waals surface area (Å²) in [7, 11) is -4.65. The number of ether oxygens (including phenoxy) is 1. The van der Waals surface area contributed by atoms with Crippen molar-refractivity contribution in [2.45, 2.75) is 31.3 Å². The Labute approximate surface area is 205 Å². The highest BCUT2D eigenvalue weighted by Crippen LogP contribution is 2.38. The Morgan fingerprint density at radius 1 is 1.11 bits per heavy atom. The SMILES string of the molecule is CCc1ccc2c(c1)-c1cc(c(F)cc1F)NS(=O)(=O)c1cc(cc(Cl)c1O)C(=O)NC[C@H](C)O2. The Kier molecular flexibility index (Phi) is 6.61. The number of hydrogen-bond acceptors (Lipinski definition) is 5. The third-order valence-corrected chi connectivity index (χ3v) is 7.17. The van der Waals surface area contributed by atoms with Crippen molar-refractivity contribution in [1.82, 2.24) is 5.32 Å². The summed E-state index contributed by atoms with van der Waals surface area (Å²) in [6.07, 6.45) is 0.0452. The molecule has 0 fully saturated rings. The molecular weight excluding hydrogens is 502 g/mol. The second-order valence-electron chi connectivity index (χ2n) is 8.04. The van der Waals surface area contributed by atoms with E-state index in [4.69, 9.17) is 16.3 Å². The van der Waals surface area contributed by atoms with Gasteiger partial charge in [-0.05, 0) is 49.2 Å². The third kappa shape index (κ3) is 4.89. The molecule has 1 aliphatic rings. The van der Waals surface area contributed by atoms with E-state index >= 15 is 0 Å². The standard InChI is InChI=1S/C24H21ClF2N2O5S/c1-3-13-4-5-21-16(6-13)15-9-20(19(27)10-18(15)26)29-35(32,33)22-8-14(7-17(25)23(22)30)24(31)28-11-12(2)34-21/h4-10,12,29-30H,3,11H2,1-2H3,(H,28,31)/t12-/m0/s1. The second-order valence-corrected chi connectivity index (χ2v) is 10.1. The van der Waals surface area contributed by atoms with Gasteiger partial charge in [0.05, 0.1) is 17.3 Å². The van der Waals surface area contributed by atoms with E-state index in [-0.39, 0.29) is 29.0 Å². The lowest BCUT2D eigenvalue weighted by molar-refractivity contribution is 0.0932. The van der Waals surface area contributed by atoms with Crippen LogP contribution in [0.15, 0.2) is 47.4 Å². The number of carbonyl (C=O) groups is 1. The van der Waals surface area contributed by atoms with E-state index in [1.54, 1.807) is 25.1 Å². The molecule has 1 amide bonds. The van der Waals surface area contributed by atoms with E-state index in [9.17, 15) is 27.1 Å². The van der Waals surface area contributed by atoms with E-state index in [2.05, 4.69) is 5.32 Å². The zero-order valence-electron chi connectivity index (χ0n) is 18.7. The molecule has 0 aromatic heterocycles. The van der Waals surface area contributed by atoms with Crippen LogP contribution >= 0.6 is 11.6 Å². The smallest absolute Gasteiger partial charge is 0.265 e. The van der Waals surface area contributed by atoms with Crippen molar-refractivity contribution in [3.05, 3.63) is 70.2 Å². The van der Waals surface area contributed by atoms with Gasteiger partial charge in [-0.2, -0.15) is 0 Å². The molecule has 1 atom stereocenters. The van der Waals surface area contributed by atoms with Gasteiger partial charge in [-0.25, -0.2) is 17.2 Å². The predicted molar refractivity (Wildman–Crippen MR) is 128 cm³/mol. The van der Waals surface area contributed by atoms with Crippen molar-refractivity contribution in [3.8, 4) is 22.6 Å². The minimum absolute atomic E-state index is 0.0176. The number of rotatable bonds is 1. The maximum Gasteiger partial charge on any atom is 0.265 e. The van der Waals surface area contributed by atoms with Gasteiger partial charge < -0.3 is 15.2 Å². The Hall–Kier alpha value is -3.37. The highest BCUT2D eigenvalue weighted by molar-refractivity contribution is 7.92. The van der Waals surface area contributed by atoms with Crippen LogP contribution in [0.3, 0.4) is 0 Å². The van der Waals surface area contributed by atoms with Gasteiger partial charge in [0.25, 0.3) is 15.9 Å². The number of fused-ring (bicyclic) bond motifs is 6. The summed E-state index contributed by atoms with van der Waals surface area (Å²) in [5, 5.41) is 12.5. The van der Waals surface area contributed by atoms with Crippen LogP contribution in [0.25, 0.3) is 11.1 Å². The lowest BCUT2D eigenvalue weighted by Crippen LogP contribution is -2.33. The van der Waals surface area contributed by atoms with Gasteiger partial charge in [-0.3, -0.25) is 9.52 Å². The van der Waals surface area contributed by atoms with Gasteiger partial charge in [0, 0.05) is 22.8 Å². The number of nitrogens with one attached hydrogen (secondary N) is 2. The minimum atomic E-state index is -4.65. The zero-order valence-corrected chi connectivity index (χ0v) is 20.2. The summed E-state index contributed by atoms with van der Waals surface area (Å²) in [5.74, 6) is -3.34. The summed E-state index contributed by atoms with van der Waals surface area (Å²) in [4.78, 5) is 11.9. The van der Waals surface area contributed by atoms with Gasteiger partial charge in [0.2, 0.25) is 0 Å². The van der Waals surface area contributed by atoms with Crippen molar-refractivity contribution in [3.63, 3.8) is 0 Å². The topological polar surface area (TPSA) is 105 Å². The molecule has 4 bridgehead atoms. The van der Waals surface area contributed by atoms with Crippen molar-refractivity contribution >= 4 is 33.2 Å². The number of amides is 1. The van der Waals surface area contributed by atoms with Gasteiger partial charge in [-0.1, -0.05) is 24.6 Å². The molecule has 3 aromatic carbocycles. The molecule has 0 spiro atoms. The van der Waals surface area contributed by atoms with Crippen LogP contribution in [-0.2, 0) is 16.4 Å². The van der Waals surface area contributed by atoms with Crippen LogP contribution in [0.1, 0.15) is 29.8 Å². The highest BCUT2D eigenvalue weighted by Gasteiger charge is 2.27. The Bertz CT molecular complexity index is 1450. The molecule has 7 nitrogen and oxygen atoms in total. The molecule has 4 rings (SSSR count). The number of phenolic OH excluding ortho intramolecular Hbond substituents is 1.